The molecule has 2 saturated heterocycles. The maximum absolute atomic E-state index is 10.9. The van der Waals surface area contributed by atoms with Gasteiger partial charge in [0.25, 0.3) is 0 Å². The minimum absolute atomic E-state index is 0.217. The first-order chi connectivity index (χ1) is 6.16. The van der Waals surface area contributed by atoms with Crippen molar-refractivity contribution >= 4 is 9.84 Å². The molecular weight excluding hydrogens is 188 g/mol. The summed E-state index contributed by atoms with van der Waals surface area (Å²) in [5.41, 5.74) is 0. The zero-order valence-corrected chi connectivity index (χ0v) is 8.44. The average Bonchev–Trinajstić information content (AvgIpc) is 2.03. The molecule has 0 radical (unpaired) electrons. The van der Waals surface area contributed by atoms with Crippen LogP contribution in [0, 0.1) is 0 Å². The van der Waals surface area contributed by atoms with Gasteiger partial charge >= 0.3 is 0 Å². The lowest BCUT2D eigenvalue weighted by atomic mass is 10.1. The first-order valence-electron chi connectivity index (χ1n) is 4.83. The fourth-order valence-electron chi connectivity index (χ4n) is 1.99. The highest BCUT2D eigenvalue weighted by Crippen LogP contribution is 2.12. The zero-order chi connectivity index (χ0) is 9.31. The molecule has 2 rings (SSSR count). The van der Waals surface area contributed by atoms with Crippen LogP contribution in [0.1, 0.15) is 12.8 Å². The molecule has 1 unspecified atom stereocenters. The van der Waals surface area contributed by atoms with Crippen LogP contribution < -0.4 is 10.6 Å². The average molecular weight is 204 g/mol. The molecule has 2 heterocycles. The number of rotatable bonds is 2. The van der Waals surface area contributed by atoms with Gasteiger partial charge in [-0.25, -0.2) is 8.42 Å². The van der Waals surface area contributed by atoms with Crippen LogP contribution in [0.25, 0.3) is 0 Å². The van der Waals surface area contributed by atoms with Crippen molar-refractivity contribution in [1.29, 1.82) is 0 Å². The highest BCUT2D eigenvalue weighted by Gasteiger charge is 2.34. The maximum atomic E-state index is 10.9. The summed E-state index contributed by atoms with van der Waals surface area (Å²) in [6, 6.07) is 0.698. The minimum Gasteiger partial charge on any atom is -0.315 e. The Hall–Kier alpha value is -0.130. The van der Waals surface area contributed by atoms with E-state index in [1.807, 2.05) is 0 Å². The normalized spacial score (nSPS) is 34.0. The molecule has 0 aromatic rings. The Balaban J connectivity index is 1.73. The van der Waals surface area contributed by atoms with Crippen LogP contribution in [0.5, 0.6) is 0 Å². The van der Waals surface area contributed by atoms with Crippen molar-refractivity contribution in [1.82, 2.24) is 10.6 Å². The van der Waals surface area contributed by atoms with Crippen molar-refractivity contribution in [3.63, 3.8) is 0 Å². The molecule has 0 aliphatic carbocycles. The maximum Gasteiger partial charge on any atom is 0.153 e. The number of hydrogen-bond acceptors (Lipinski definition) is 4. The van der Waals surface area contributed by atoms with E-state index in [9.17, 15) is 8.42 Å². The van der Waals surface area contributed by atoms with E-state index in [4.69, 9.17) is 0 Å². The standard InChI is InChI=1S/C8H16N2O2S/c11-13(12)5-8(6-13)10-7-2-1-3-9-4-7/h7-10H,1-6H2. The van der Waals surface area contributed by atoms with Gasteiger partial charge in [-0.3, -0.25) is 0 Å². The fraction of sp³-hybridized carbons (Fsp3) is 1.00. The van der Waals surface area contributed by atoms with Crippen LogP contribution >= 0.6 is 0 Å². The summed E-state index contributed by atoms with van der Waals surface area (Å²) < 4.78 is 21.8. The molecule has 0 bridgehead atoms. The minimum atomic E-state index is -2.66. The van der Waals surface area contributed by atoms with Gasteiger partial charge in [0.2, 0.25) is 0 Å². The van der Waals surface area contributed by atoms with Crippen LogP contribution in [0.4, 0.5) is 0 Å². The van der Waals surface area contributed by atoms with Crippen molar-refractivity contribution in [2.75, 3.05) is 24.6 Å². The molecule has 2 aliphatic heterocycles. The molecule has 5 heteroatoms. The Labute approximate surface area is 79.0 Å². The third kappa shape index (κ3) is 2.42. The highest BCUT2D eigenvalue weighted by atomic mass is 32.2. The second-order valence-electron chi connectivity index (χ2n) is 3.98. The Kier molecular flexibility index (Phi) is 2.58. The quantitative estimate of drug-likeness (QED) is 0.613. The third-order valence-electron chi connectivity index (χ3n) is 2.68. The van der Waals surface area contributed by atoms with Crippen LogP contribution in [-0.2, 0) is 9.84 Å². The summed E-state index contributed by atoms with van der Waals surface area (Å²) in [4.78, 5) is 0. The summed E-state index contributed by atoms with van der Waals surface area (Å²) in [6.07, 6.45) is 2.36. The topological polar surface area (TPSA) is 58.2 Å². The van der Waals surface area contributed by atoms with E-state index in [1.165, 1.54) is 12.8 Å². The number of sulfone groups is 1. The molecule has 0 aromatic heterocycles. The van der Waals surface area contributed by atoms with E-state index in [0.29, 0.717) is 17.5 Å². The second-order valence-corrected chi connectivity index (χ2v) is 6.14. The van der Waals surface area contributed by atoms with Gasteiger partial charge in [-0.1, -0.05) is 0 Å². The van der Waals surface area contributed by atoms with Gasteiger partial charge in [0.1, 0.15) is 0 Å². The van der Waals surface area contributed by atoms with E-state index in [0.717, 1.165) is 13.1 Å². The smallest absolute Gasteiger partial charge is 0.153 e. The van der Waals surface area contributed by atoms with E-state index >= 15 is 0 Å². The Bertz CT molecular complexity index is 258. The van der Waals surface area contributed by atoms with Crippen molar-refractivity contribution in [3.8, 4) is 0 Å². The van der Waals surface area contributed by atoms with Crippen molar-refractivity contribution in [2.45, 2.75) is 24.9 Å². The number of piperidine rings is 1. The van der Waals surface area contributed by atoms with Crippen LogP contribution in [0.15, 0.2) is 0 Å². The third-order valence-corrected chi connectivity index (χ3v) is 4.50. The monoisotopic (exact) mass is 204 g/mol. The molecule has 0 aromatic carbocycles. The number of hydrogen-bond donors (Lipinski definition) is 2. The Morgan fingerprint density at radius 3 is 2.54 bits per heavy atom. The molecular formula is C8H16N2O2S. The lowest BCUT2D eigenvalue weighted by Crippen LogP contribution is -2.57. The van der Waals surface area contributed by atoms with E-state index in [1.54, 1.807) is 0 Å². The van der Waals surface area contributed by atoms with Gasteiger partial charge in [-0.15, -0.1) is 0 Å². The Morgan fingerprint density at radius 1 is 1.23 bits per heavy atom. The predicted molar refractivity (Wildman–Crippen MR) is 51.5 cm³/mol. The van der Waals surface area contributed by atoms with E-state index in [-0.39, 0.29) is 6.04 Å². The predicted octanol–water partition coefficient (Wildman–Crippen LogP) is -0.875. The van der Waals surface area contributed by atoms with Gasteiger partial charge in [-0.05, 0) is 19.4 Å². The Morgan fingerprint density at radius 2 is 2.00 bits per heavy atom. The lowest BCUT2D eigenvalue weighted by Gasteiger charge is -2.33. The largest absolute Gasteiger partial charge is 0.315 e. The molecule has 1 atom stereocenters. The van der Waals surface area contributed by atoms with Gasteiger partial charge < -0.3 is 10.6 Å². The first-order valence-corrected chi connectivity index (χ1v) is 6.65. The van der Waals surface area contributed by atoms with Crippen molar-refractivity contribution in [3.05, 3.63) is 0 Å². The van der Waals surface area contributed by atoms with Gasteiger partial charge in [0.05, 0.1) is 11.5 Å². The first kappa shape index (κ1) is 9.43. The molecule has 0 spiro atoms. The SMILES string of the molecule is O=S1(=O)CC(NC2CCCNC2)C1. The fourth-order valence-corrected chi connectivity index (χ4v) is 3.31. The van der Waals surface area contributed by atoms with Crippen LogP contribution in [-0.4, -0.2) is 45.1 Å². The van der Waals surface area contributed by atoms with Gasteiger partial charge in [0.15, 0.2) is 9.84 Å². The summed E-state index contributed by atoms with van der Waals surface area (Å²) in [5.74, 6) is 0.674. The molecule has 13 heavy (non-hydrogen) atoms. The molecule has 4 nitrogen and oxygen atoms in total. The molecule has 0 saturated carbocycles. The van der Waals surface area contributed by atoms with E-state index < -0.39 is 9.84 Å². The molecule has 76 valence electrons. The van der Waals surface area contributed by atoms with Crippen molar-refractivity contribution < 1.29 is 8.42 Å². The van der Waals surface area contributed by atoms with Gasteiger partial charge in [0, 0.05) is 18.6 Å². The summed E-state index contributed by atoms with van der Waals surface area (Å²) in [5, 5.41) is 6.67. The molecule has 2 fully saturated rings. The van der Waals surface area contributed by atoms with Gasteiger partial charge in [-0.2, -0.15) is 0 Å². The summed E-state index contributed by atoms with van der Waals surface area (Å²) in [6.45, 7) is 2.08. The molecule has 2 aliphatic rings. The van der Waals surface area contributed by atoms with Crippen molar-refractivity contribution in [2.24, 2.45) is 0 Å². The zero-order valence-electron chi connectivity index (χ0n) is 7.62. The lowest BCUT2D eigenvalue weighted by molar-refractivity contribution is 0.359. The summed E-state index contributed by atoms with van der Waals surface area (Å²) >= 11 is 0. The highest BCUT2D eigenvalue weighted by molar-refractivity contribution is 7.92. The summed E-state index contributed by atoms with van der Waals surface area (Å²) in [7, 11) is -2.66. The number of nitrogens with one attached hydrogen (secondary N) is 2. The van der Waals surface area contributed by atoms with Crippen LogP contribution in [0.2, 0.25) is 0 Å². The second kappa shape index (κ2) is 3.55. The molecule has 0 amide bonds. The van der Waals surface area contributed by atoms with Crippen LogP contribution in [0.3, 0.4) is 0 Å². The van der Waals surface area contributed by atoms with E-state index in [2.05, 4.69) is 10.6 Å². The molecule has 2 N–H and O–H groups in total.